The van der Waals surface area contributed by atoms with Crippen LogP contribution in [0, 0.1) is 5.92 Å². The van der Waals surface area contributed by atoms with Crippen molar-refractivity contribution in [3.8, 4) is 0 Å². The van der Waals surface area contributed by atoms with Crippen LogP contribution >= 0.6 is 0 Å². The number of carbonyl (C=O) groups is 1. The number of hydrogen-bond donors (Lipinski definition) is 2. The summed E-state index contributed by atoms with van der Waals surface area (Å²) in [6.45, 7) is 7.21. The predicted molar refractivity (Wildman–Crippen MR) is 85.5 cm³/mol. The van der Waals surface area contributed by atoms with E-state index in [4.69, 9.17) is 0 Å². The number of pyridine rings is 1. The van der Waals surface area contributed by atoms with Gasteiger partial charge in [0.1, 0.15) is 0 Å². The van der Waals surface area contributed by atoms with Gasteiger partial charge in [-0.3, -0.25) is 9.78 Å². The molecule has 5 heteroatoms. The number of aromatic nitrogens is 1. The van der Waals surface area contributed by atoms with Gasteiger partial charge in [-0.25, -0.2) is 0 Å². The molecule has 1 saturated heterocycles. The molecular formula is C16H26N4O. The highest BCUT2D eigenvalue weighted by molar-refractivity contribution is 5.99. The van der Waals surface area contributed by atoms with Crippen LogP contribution in [0.25, 0.3) is 0 Å². The smallest absolute Gasteiger partial charge is 0.253 e. The highest BCUT2D eigenvalue weighted by atomic mass is 16.1. The monoisotopic (exact) mass is 290 g/mol. The minimum absolute atomic E-state index is 0.00240. The fourth-order valence-corrected chi connectivity index (χ4v) is 2.81. The molecule has 2 atom stereocenters. The van der Waals surface area contributed by atoms with Crippen LogP contribution in [0.5, 0.6) is 0 Å². The van der Waals surface area contributed by atoms with Crippen LogP contribution in [0.3, 0.4) is 0 Å². The second-order valence-electron chi connectivity index (χ2n) is 5.96. The Morgan fingerprint density at radius 3 is 3.05 bits per heavy atom. The molecule has 0 aromatic carbocycles. The summed E-state index contributed by atoms with van der Waals surface area (Å²) in [5, 5.41) is 6.46. The average Bonchev–Trinajstić information content (AvgIpc) is 2.48. The van der Waals surface area contributed by atoms with Gasteiger partial charge in [0.15, 0.2) is 0 Å². The van der Waals surface area contributed by atoms with Gasteiger partial charge in [0.2, 0.25) is 0 Å². The summed E-state index contributed by atoms with van der Waals surface area (Å²) in [6.07, 6.45) is 5.42. The van der Waals surface area contributed by atoms with Crippen LogP contribution in [-0.4, -0.2) is 48.5 Å². The van der Waals surface area contributed by atoms with E-state index in [0.29, 0.717) is 11.5 Å². The van der Waals surface area contributed by atoms with E-state index in [1.54, 1.807) is 18.5 Å². The van der Waals surface area contributed by atoms with Crippen LogP contribution in [0.4, 0.5) is 5.69 Å². The molecule has 1 aromatic heterocycles. The Kier molecular flexibility index (Phi) is 5.56. The number of hydrogen-bond acceptors (Lipinski definition) is 4. The molecule has 1 fully saturated rings. The largest absolute Gasteiger partial charge is 0.383 e. The van der Waals surface area contributed by atoms with Gasteiger partial charge in [0, 0.05) is 25.3 Å². The molecule has 0 bridgehead atoms. The molecule has 0 saturated carbocycles. The molecule has 116 valence electrons. The zero-order chi connectivity index (χ0) is 15.2. The summed E-state index contributed by atoms with van der Waals surface area (Å²) in [5.41, 5.74) is 1.50. The first kappa shape index (κ1) is 15.8. The zero-order valence-corrected chi connectivity index (χ0v) is 13.2. The Morgan fingerprint density at radius 2 is 2.33 bits per heavy atom. The van der Waals surface area contributed by atoms with Crippen molar-refractivity contribution in [1.82, 2.24) is 15.2 Å². The normalized spacial score (nSPS) is 22.8. The first-order valence-electron chi connectivity index (χ1n) is 7.79. The minimum atomic E-state index is -0.00240. The minimum Gasteiger partial charge on any atom is -0.383 e. The Bertz CT molecular complexity index is 477. The van der Waals surface area contributed by atoms with Crippen molar-refractivity contribution in [1.29, 1.82) is 0 Å². The van der Waals surface area contributed by atoms with Gasteiger partial charge in [-0.2, -0.15) is 0 Å². The van der Waals surface area contributed by atoms with Gasteiger partial charge in [-0.1, -0.05) is 13.8 Å². The van der Waals surface area contributed by atoms with E-state index in [0.717, 1.165) is 38.2 Å². The fourth-order valence-electron chi connectivity index (χ4n) is 2.81. The van der Waals surface area contributed by atoms with Gasteiger partial charge < -0.3 is 15.5 Å². The van der Waals surface area contributed by atoms with E-state index in [-0.39, 0.29) is 11.9 Å². The molecule has 1 aromatic rings. The second-order valence-corrected chi connectivity index (χ2v) is 5.96. The Hall–Kier alpha value is -1.62. The third-order valence-electron chi connectivity index (χ3n) is 4.06. The van der Waals surface area contributed by atoms with Crippen LogP contribution in [0.2, 0.25) is 0 Å². The number of piperidine rings is 1. The van der Waals surface area contributed by atoms with Crippen molar-refractivity contribution in [2.45, 2.75) is 32.7 Å². The van der Waals surface area contributed by atoms with Crippen LogP contribution in [0.1, 0.15) is 37.0 Å². The predicted octanol–water partition coefficient (Wildman–Crippen LogP) is 1.97. The highest BCUT2D eigenvalue weighted by Crippen LogP contribution is 2.18. The van der Waals surface area contributed by atoms with E-state index in [1.807, 2.05) is 0 Å². The molecule has 2 unspecified atom stereocenters. The molecule has 2 rings (SSSR count). The lowest BCUT2D eigenvalue weighted by atomic mass is 9.94. The first-order chi connectivity index (χ1) is 10.1. The van der Waals surface area contributed by atoms with Gasteiger partial charge in [0.25, 0.3) is 5.91 Å². The van der Waals surface area contributed by atoms with Gasteiger partial charge in [-0.15, -0.1) is 0 Å². The van der Waals surface area contributed by atoms with Crippen molar-refractivity contribution in [3.05, 3.63) is 24.0 Å². The lowest BCUT2D eigenvalue weighted by molar-refractivity contribution is 0.0884. The standard InChI is InChI=1S/C16H26N4O/c1-4-7-18-15-10-17-8-5-13(15)16(21)19-14-6-9-20(3)11-12(14)2/h5,8,10,12,14,18H,4,6-7,9,11H2,1-3H3,(H,19,21). The molecule has 1 aliphatic rings. The summed E-state index contributed by atoms with van der Waals surface area (Å²) in [6, 6.07) is 2.04. The molecule has 2 heterocycles. The van der Waals surface area contributed by atoms with E-state index < -0.39 is 0 Å². The molecule has 0 spiro atoms. The maximum atomic E-state index is 12.5. The third-order valence-corrected chi connectivity index (χ3v) is 4.06. The molecule has 5 nitrogen and oxygen atoms in total. The molecule has 0 radical (unpaired) electrons. The summed E-state index contributed by atoms with van der Waals surface area (Å²) < 4.78 is 0. The first-order valence-corrected chi connectivity index (χ1v) is 7.79. The average molecular weight is 290 g/mol. The maximum absolute atomic E-state index is 12.5. The van der Waals surface area contributed by atoms with Crippen molar-refractivity contribution < 1.29 is 4.79 Å². The van der Waals surface area contributed by atoms with Gasteiger partial charge >= 0.3 is 0 Å². The molecular weight excluding hydrogens is 264 g/mol. The van der Waals surface area contributed by atoms with E-state index in [9.17, 15) is 4.79 Å². The number of rotatable bonds is 5. The molecule has 0 aliphatic carbocycles. The van der Waals surface area contributed by atoms with Crippen LogP contribution in [0.15, 0.2) is 18.5 Å². The zero-order valence-electron chi connectivity index (χ0n) is 13.2. The fraction of sp³-hybridized carbons (Fsp3) is 0.625. The quantitative estimate of drug-likeness (QED) is 0.870. The topological polar surface area (TPSA) is 57.3 Å². The number of amides is 1. The summed E-state index contributed by atoms with van der Waals surface area (Å²) in [4.78, 5) is 18.9. The Balaban J connectivity index is 2.03. The van der Waals surface area contributed by atoms with E-state index in [2.05, 4.69) is 41.4 Å². The Labute approximate surface area is 127 Å². The second kappa shape index (κ2) is 7.41. The van der Waals surface area contributed by atoms with Crippen molar-refractivity contribution >= 4 is 11.6 Å². The number of anilines is 1. The van der Waals surface area contributed by atoms with E-state index in [1.165, 1.54) is 0 Å². The van der Waals surface area contributed by atoms with Crippen molar-refractivity contribution in [3.63, 3.8) is 0 Å². The summed E-state index contributed by atoms with van der Waals surface area (Å²) in [5.74, 6) is 0.471. The number of likely N-dealkylation sites (tertiary alicyclic amines) is 1. The number of nitrogens with zero attached hydrogens (tertiary/aromatic N) is 2. The van der Waals surface area contributed by atoms with Crippen molar-refractivity contribution in [2.75, 3.05) is 32.0 Å². The molecule has 1 amide bonds. The number of carbonyl (C=O) groups excluding carboxylic acids is 1. The van der Waals surface area contributed by atoms with Crippen molar-refractivity contribution in [2.24, 2.45) is 5.92 Å². The van der Waals surface area contributed by atoms with Crippen LogP contribution in [-0.2, 0) is 0 Å². The number of nitrogens with one attached hydrogen (secondary N) is 2. The van der Waals surface area contributed by atoms with E-state index >= 15 is 0 Å². The van der Waals surface area contributed by atoms with Gasteiger partial charge in [-0.05, 0) is 38.4 Å². The lowest BCUT2D eigenvalue weighted by Crippen LogP contribution is -2.48. The SMILES string of the molecule is CCCNc1cnccc1C(=O)NC1CCN(C)CC1C. The molecule has 1 aliphatic heterocycles. The van der Waals surface area contributed by atoms with Gasteiger partial charge in [0.05, 0.1) is 17.4 Å². The lowest BCUT2D eigenvalue weighted by Gasteiger charge is -2.35. The third kappa shape index (κ3) is 4.17. The molecule has 21 heavy (non-hydrogen) atoms. The molecule has 2 N–H and O–H groups in total. The highest BCUT2D eigenvalue weighted by Gasteiger charge is 2.26. The summed E-state index contributed by atoms with van der Waals surface area (Å²) in [7, 11) is 2.13. The Morgan fingerprint density at radius 1 is 1.52 bits per heavy atom. The maximum Gasteiger partial charge on any atom is 0.253 e. The van der Waals surface area contributed by atoms with Crippen LogP contribution < -0.4 is 10.6 Å². The summed E-state index contributed by atoms with van der Waals surface area (Å²) >= 11 is 0.